The van der Waals surface area contributed by atoms with Gasteiger partial charge >= 0.3 is 5.97 Å². The number of aliphatic hydroxyl groups excluding tert-OH is 3. The Morgan fingerprint density at radius 3 is 2.00 bits per heavy atom. The van der Waals surface area contributed by atoms with Crippen molar-refractivity contribution in [2.75, 3.05) is 21.2 Å². The van der Waals surface area contributed by atoms with Gasteiger partial charge in [-0.05, 0) is 75.4 Å². The zero-order valence-electron chi connectivity index (χ0n) is 32.2. The second-order valence-corrected chi connectivity index (χ2v) is 16.2. The molecule has 50 heavy (non-hydrogen) atoms. The van der Waals surface area contributed by atoms with E-state index in [0.29, 0.717) is 6.42 Å². The summed E-state index contributed by atoms with van der Waals surface area (Å²) < 4.78 is 36.8. The van der Waals surface area contributed by atoms with Gasteiger partial charge in [0.25, 0.3) is 0 Å². The highest BCUT2D eigenvalue weighted by molar-refractivity contribution is 5.83. The molecule has 3 rings (SSSR count). The fraction of sp³-hybridized carbons (Fsp3) is 0.944. The Morgan fingerprint density at radius 1 is 0.840 bits per heavy atom. The molecule has 18 atom stereocenters. The van der Waals surface area contributed by atoms with Gasteiger partial charge in [0.1, 0.15) is 29.7 Å². The van der Waals surface area contributed by atoms with Crippen molar-refractivity contribution in [2.24, 2.45) is 23.7 Å². The lowest BCUT2D eigenvalue weighted by molar-refractivity contribution is -0.318. The molecule has 0 aromatic rings. The van der Waals surface area contributed by atoms with Gasteiger partial charge in [-0.25, -0.2) is 0 Å². The Kier molecular flexibility index (Phi) is 14.1. The molecule has 0 saturated carbocycles. The van der Waals surface area contributed by atoms with Crippen LogP contribution < -0.4 is 0 Å². The number of carbonyl (C=O) groups is 2. The molecule has 0 aliphatic carbocycles. The van der Waals surface area contributed by atoms with Crippen molar-refractivity contribution in [3.63, 3.8) is 0 Å². The number of hydrogen-bond acceptors (Lipinski definition) is 14. The summed E-state index contributed by atoms with van der Waals surface area (Å²) in [4.78, 5) is 29.5. The van der Waals surface area contributed by atoms with Crippen molar-refractivity contribution in [2.45, 2.75) is 173 Å². The second kappa shape index (κ2) is 16.4. The quantitative estimate of drug-likeness (QED) is 0.247. The van der Waals surface area contributed by atoms with Crippen LogP contribution >= 0.6 is 0 Å². The Morgan fingerprint density at radius 2 is 1.44 bits per heavy atom. The Bertz CT molecular complexity index is 1150. The number of cyclic esters (lactones) is 1. The van der Waals surface area contributed by atoms with Gasteiger partial charge in [0.2, 0.25) is 0 Å². The third-order valence-electron chi connectivity index (χ3n) is 11.7. The van der Waals surface area contributed by atoms with E-state index in [1.807, 2.05) is 25.9 Å². The number of likely N-dealkylation sites (N-methyl/N-ethyl adjacent to an activating group) is 1. The molecule has 18 unspecified atom stereocenters. The smallest absolute Gasteiger partial charge is 0.311 e. The van der Waals surface area contributed by atoms with E-state index >= 15 is 0 Å². The summed E-state index contributed by atoms with van der Waals surface area (Å²) in [5.74, 6) is -5.00. The molecule has 3 heterocycles. The molecule has 0 radical (unpaired) electrons. The molecule has 3 aliphatic heterocycles. The van der Waals surface area contributed by atoms with Crippen LogP contribution in [0.4, 0.5) is 0 Å². The number of rotatable bonds is 6. The molecule has 3 saturated heterocycles. The first kappa shape index (κ1) is 43.1. The highest BCUT2D eigenvalue weighted by Gasteiger charge is 2.53. The third-order valence-corrected chi connectivity index (χ3v) is 11.7. The maximum absolute atomic E-state index is 13.9. The molecule has 0 aromatic heterocycles. The first-order chi connectivity index (χ1) is 22.9. The zero-order valence-corrected chi connectivity index (χ0v) is 32.2. The van der Waals surface area contributed by atoms with Crippen LogP contribution in [0.1, 0.15) is 88.5 Å². The van der Waals surface area contributed by atoms with Gasteiger partial charge in [-0.15, -0.1) is 0 Å². The van der Waals surface area contributed by atoms with Crippen LogP contribution in [0.5, 0.6) is 0 Å². The number of esters is 1. The molecule has 14 heteroatoms. The molecule has 0 bridgehead atoms. The molecule has 5 N–H and O–H groups in total. The van der Waals surface area contributed by atoms with Crippen LogP contribution in [-0.2, 0) is 38.0 Å². The number of carbonyl (C=O) groups excluding carboxylic acids is 2. The molecule has 14 nitrogen and oxygen atoms in total. The Balaban J connectivity index is 2.16. The van der Waals surface area contributed by atoms with Crippen molar-refractivity contribution >= 4 is 11.8 Å². The monoisotopic (exact) mass is 719 g/mol. The molecular weight excluding hydrogens is 654 g/mol. The van der Waals surface area contributed by atoms with Crippen LogP contribution in [0, 0.1) is 23.7 Å². The number of hydrogen-bond donors (Lipinski definition) is 5. The van der Waals surface area contributed by atoms with Gasteiger partial charge in [-0.2, -0.15) is 0 Å². The molecule has 3 aliphatic rings. The number of nitrogens with zero attached hydrogens (tertiary/aromatic N) is 1. The average molecular weight is 720 g/mol. The molecule has 3 fully saturated rings. The van der Waals surface area contributed by atoms with Gasteiger partial charge in [-0.1, -0.05) is 20.8 Å². The molecule has 0 amide bonds. The predicted molar refractivity (Wildman–Crippen MR) is 182 cm³/mol. The summed E-state index contributed by atoms with van der Waals surface area (Å²) in [6, 6.07) is -0.323. The maximum atomic E-state index is 13.9. The topological polar surface area (TPSA) is 194 Å². The van der Waals surface area contributed by atoms with E-state index in [9.17, 15) is 35.1 Å². The van der Waals surface area contributed by atoms with Crippen molar-refractivity contribution in [3.8, 4) is 0 Å². The van der Waals surface area contributed by atoms with Crippen LogP contribution in [0.15, 0.2) is 0 Å². The molecular formula is C36H65NO13. The van der Waals surface area contributed by atoms with Crippen LogP contribution in [0.25, 0.3) is 0 Å². The van der Waals surface area contributed by atoms with Gasteiger partial charge in [0, 0.05) is 37.3 Å². The largest absolute Gasteiger partial charge is 0.459 e. The van der Waals surface area contributed by atoms with E-state index in [1.54, 1.807) is 34.6 Å². The summed E-state index contributed by atoms with van der Waals surface area (Å²) in [5.41, 5.74) is -4.85. The van der Waals surface area contributed by atoms with Crippen molar-refractivity contribution in [1.29, 1.82) is 0 Å². The molecule has 0 aromatic carbocycles. The Labute approximate surface area is 297 Å². The summed E-state index contributed by atoms with van der Waals surface area (Å²) >= 11 is 0. The Hall–Kier alpha value is -1.30. The number of methoxy groups -OCH3 is 1. The van der Waals surface area contributed by atoms with E-state index in [0.717, 1.165) is 0 Å². The minimum Gasteiger partial charge on any atom is -0.459 e. The van der Waals surface area contributed by atoms with Crippen LogP contribution in [0.3, 0.4) is 0 Å². The van der Waals surface area contributed by atoms with Gasteiger partial charge in [0.05, 0.1) is 47.6 Å². The standard InChI is InChI=1S/C36H65NO13/c1-17-15-34(8,43)31(50-33-27(39)24(37(11)12)14-18(2)46-33)20(4)28(49-25-16-35(9,45-13)30(41)22(6)47-25)21(5)32(42)48-23(7)36(10,44)29(40)19(3)26(17)38/h17-25,27-31,33,39-41,43-44H,14-16H2,1-13H3. The summed E-state index contributed by atoms with van der Waals surface area (Å²) in [6.07, 6.45) is -9.90. The third kappa shape index (κ3) is 9.07. The number of Topliss-reactive ketones (excluding diaryl/α,β-unsaturated/α-hetero) is 1. The summed E-state index contributed by atoms with van der Waals surface area (Å²) in [6.45, 7) is 16.0. The lowest BCUT2D eigenvalue weighted by atomic mass is 9.74. The van der Waals surface area contributed by atoms with E-state index in [-0.39, 0.29) is 25.0 Å². The lowest BCUT2D eigenvalue weighted by Crippen LogP contribution is -2.61. The average Bonchev–Trinajstić information content (AvgIpc) is 3.03. The number of ether oxygens (including phenoxy) is 6. The van der Waals surface area contributed by atoms with Gasteiger partial charge < -0.3 is 58.9 Å². The van der Waals surface area contributed by atoms with Crippen LogP contribution in [0.2, 0.25) is 0 Å². The minimum atomic E-state index is -2.00. The normalized spacial score (nSPS) is 50.5. The first-order valence-electron chi connectivity index (χ1n) is 18.0. The summed E-state index contributed by atoms with van der Waals surface area (Å²) in [7, 11) is 5.17. The maximum Gasteiger partial charge on any atom is 0.311 e. The van der Waals surface area contributed by atoms with Gasteiger partial charge in [0.15, 0.2) is 12.6 Å². The van der Waals surface area contributed by atoms with E-state index in [2.05, 4.69) is 0 Å². The highest BCUT2D eigenvalue weighted by Crippen LogP contribution is 2.40. The van der Waals surface area contributed by atoms with Crippen molar-refractivity contribution in [1.82, 2.24) is 4.90 Å². The van der Waals surface area contributed by atoms with Crippen molar-refractivity contribution < 1.29 is 63.5 Å². The fourth-order valence-corrected chi connectivity index (χ4v) is 8.00. The van der Waals surface area contributed by atoms with Gasteiger partial charge in [-0.3, -0.25) is 9.59 Å². The number of ketones is 1. The highest BCUT2D eigenvalue weighted by atomic mass is 16.7. The molecule has 0 spiro atoms. The second-order valence-electron chi connectivity index (χ2n) is 16.2. The molecule has 292 valence electrons. The van der Waals surface area contributed by atoms with Crippen molar-refractivity contribution in [3.05, 3.63) is 0 Å². The zero-order chi connectivity index (χ0) is 38.3. The SMILES string of the molecule is COC1(C)CC(OC2C(C)C(=O)OC(C)C(C)(O)C(O)C(C)C(=O)C(C)CC(C)(O)C(OC3OC(C)CC(N(C)C)C3O)C2C)OC(C)C1O. The first-order valence-corrected chi connectivity index (χ1v) is 18.0. The number of aliphatic hydroxyl groups is 5. The lowest BCUT2D eigenvalue weighted by Gasteiger charge is -2.49. The van der Waals surface area contributed by atoms with Crippen LogP contribution in [-0.4, -0.2) is 148 Å². The summed E-state index contributed by atoms with van der Waals surface area (Å²) in [5, 5.41) is 57.2. The van der Waals surface area contributed by atoms with E-state index < -0.39 is 108 Å². The fourth-order valence-electron chi connectivity index (χ4n) is 8.00. The van der Waals surface area contributed by atoms with E-state index in [1.165, 1.54) is 34.8 Å². The minimum absolute atomic E-state index is 0.0924. The predicted octanol–water partition coefficient (Wildman–Crippen LogP) is 1.40. The van der Waals surface area contributed by atoms with E-state index in [4.69, 9.17) is 28.4 Å².